The van der Waals surface area contributed by atoms with E-state index in [9.17, 15) is 4.79 Å². The van der Waals surface area contributed by atoms with Crippen molar-refractivity contribution in [2.75, 3.05) is 11.9 Å². The van der Waals surface area contributed by atoms with Crippen molar-refractivity contribution in [2.45, 2.75) is 26.7 Å². The van der Waals surface area contributed by atoms with E-state index in [0.29, 0.717) is 29.7 Å². The summed E-state index contributed by atoms with van der Waals surface area (Å²) in [4.78, 5) is 16.5. The lowest BCUT2D eigenvalue weighted by Gasteiger charge is -2.08. The van der Waals surface area contributed by atoms with Gasteiger partial charge in [0.1, 0.15) is 5.75 Å². The second kappa shape index (κ2) is 8.73. The first-order valence-electron chi connectivity index (χ1n) is 8.79. The van der Waals surface area contributed by atoms with Crippen LogP contribution < -0.4 is 10.1 Å². The molecule has 1 heterocycles. The van der Waals surface area contributed by atoms with Gasteiger partial charge in [0, 0.05) is 29.1 Å². The number of ether oxygens (including phenoxy) is 1. The van der Waals surface area contributed by atoms with E-state index < -0.39 is 0 Å². The summed E-state index contributed by atoms with van der Waals surface area (Å²) in [6.45, 7) is 4.44. The fourth-order valence-corrected chi connectivity index (χ4v) is 2.79. The highest BCUT2D eigenvalue weighted by Crippen LogP contribution is 2.25. The minimum atomic E-state index is -0.110. The normalized spacial score (nSPS) is 10.6. The van der Waals surface area contributed by atoms with Crippen molar-refractivity contribution >= 4 is 23.2 Å². The molecule has 2 aromatic carbocycles. The number of hydrogen-bond donors (Lipinski definition) is 1. The van der Waals surface area contributed by atoms with Crippen molar-refractivity contribution in [1.82, 2.24) is 4.98 Å². The molecule has 6 heteroatoms. The summed E-state index contributed by atoms with van der Waals surface area (Å²) in [7, 11) is 0. The van der Waals surface area contributed by atoms with Gasteiger partial charge in [-0.3, -0.25) is 4.79 Å². The quantitative estimate of drug-likeness (QED) is 0.602. The number of hydrogen-bond acceptors (Lipinski definition) is 4. The molecule has 0 saturated carbocycles. The Balaban J connectivity index is 1.57. The van der Waals surface area contributed by atoms with Crippen LogP contribution in [-0.4, -0.2) is 17.5 Å². The Morgan fingerprint density at radius 3 is 2.74 bits per heavy atom. The van der Waals surface area contributed by atoms with Gasteiger partial charge in [0.25, 0.3) is 0 Å². The Kier molecular flexibility index (Phi) is 6.14. The number of benzene rings is 2. The molecule has 0 unspecified atom stereocenters. The average Bonchev–Trinajstić information content (AvgIpc) is 3.14. The molecule has 3 rings (SSSR count). The molecule has 0 radical (unpaired) electrons. The van der Waals surface area contributed by atoms with E-state index in [1.54, 1.807) is 12.3 Å². The summed E-state index contributed by atoms with van der Waals surface area (Å²) in [5, 5.41) is 3.50. The molecule has 1 amide bonds. The molecule has 0 spiro atoms. The largest absolute Gasteiger partial charge is 0.494 e. The molecule has 140 valence electrons. The van der Waals surface area contributed by atoms with Crippen molar-refractivity contribution in [1.29, 1.82) is 0 Å². The Morgan fingerprint density at radius 1 is 1.22 bits per heavy atom. The monoisotopic (exact) mass is 384 g/mol. The molecule has 0 aliphatic heterocycles. The first-order valence-corrected chi connectivity index (χ1v) is 9.17. The summed E-state index contributed by atoms with van der Waals surface area (Å²) in [5.41, 5.74) is 2.48. The lowest BCUT2D eigenvalue weighted by molar-refractivity contribution is -0.116. The van der Waals surface area contributed by atoms with E-state index in [0.717, 1.165) is 22.6 Å². The van der Waals surface area contributed by atoms with E-state index in [-0.39, 0.29) is 12.3 Å². The summed E-state index contributed by atoms with van der Waals surface area (Å²) in [5.74, 6) is 1.89. The van der Waals surface area contributed by atoms with Gasteiger partial charge in [0.05, 0.1) is 12.8 Å². The predicted molar refractivity (Wildman–Crippen MR) is 106 cm³/mol. The van der Waals surface area contributed by atoms with Crippen LogP contribution in [0.4, 0.5) is 5.69 Å². The number of nitrogens with zero attached hydrogens (tertiary/aromatic N) is 1. The summed E-state index contributed by atoms with van der Waals surface area (Å²) < 4.78 is 11.2. The summed E-state index contributed by atoms with van der Waals surface area (Å²) >= 11 is 6.07. The maximum Gasteiger partial charge on any atom is 0.224 e. The zero-order valence-corrected chi connectivity index (χ0v) is 16.0. The molecule has 0 aliphatic carbocycles. The van der Waals surface area contributed by atoms with E-state index in [4.69, 9.17) is 20.8 Å². The highest BCUT2D eigenvalue weighted by atomic mass is 35.5. The van der Waals surface area contributed by atoms with Crippen LogP contribution in [0.5, 0.6) is 5.75 Å². The standard InChI is InChI=1S/C21H21ClN2O3/c1-3-26-16-9-7-15(8-10-16)19-13-23-21(27-19)12-11-20(25)24-18-6-4-5-17(22)14(18)2/h4-10,13H,3,11-12H2,1-2H3,(H,24,25). The molecule has 0 aliphatic rings. The van der Waals surface area contributed by atoms with Crippen LogP contribution in [0, 0.1) is 6.92 Å². The Morgan fingerprint density at radius 2 is 2.00 bits per heavy atom. The molecule has 0 fully saturated rings. The van der Waals surface area contributed by atoms with Crippen molar-refractivity contribution in [3.8, 4) is 17.1 Å². The number of carbonyl (C=O) groups excluding carboxylic acids is 1. The molecule has 5 nitrogen and oxygen atoms in total. The van der Waals surface area contributed by atoms with E-state index >= 15 is 0 Å². The fraction of sp³-hybridized carbons (Fsp3) is 0.238. The zero-order valence-electron chi connectivity index (χ0n) is 15.3. The maximum absolute atomic E-state index is 12.2. The molecular weight excluding hydrogens is 364 g/mol. The van der Waals surface area contributed by atoms with E-state index in [1.807, 2.05) is 50.2 Å². The van der Waals surface area contributed by atoms with Gasteiger partial charge in [0.2, 0.25) is 5.91 Å². The Hall–Kier alpha value is -2.79. The molecule has 27 heavy (non-hydrogen) atoms. The van der Waals surface area contributed by atoms with Gasteiger partial charge in [-0.05, 0) is 55.8 Å². The molecule has 1 N–H and O–H groups in total. The number of nitrogens with one attached hydrogen (secondary N) is 1. The smallest absolute Gasteiger partial charge is 0.224 e. The van der Waals surface area contributed by atoms with Crippen LogP contribution in [0.25, 0.3) is 11.3 Å². The zero-order chi connectivity index (χ0) is 19.2. The van der Waals surface area contributed by atoms with Crippen LogP contribution in [0.3, 0.4) is 0 Å². The third-order valence-electron chi connectivity index (χ3n) is 4.11. The van der Waals surface area contributed by atoms with Crippen LogP contribution >= 0.6 is 11.6 Å². The number of oxazole rings is 1. The molecule has 1 aromatic heterocycles. The average molecular weight is 385 g/mol. The van der Waals surface area contributed by atoms with Crippen LogP contribution in [0.2, 0.25) is 5.02 Å². The first-order chi connectivity index (χ1) is 13.1. The maximum atomic E-state index is 12.2. The summed E-state index contributed by atoms with van der Waals surface area (Å²) in [6, 6.07) is 13.1. The number of rotatable bonds is 7. The van der Waals surface area contributed by atoms with Gasteiger partial charge >= 0.3 is 0 Å². The van der Waals surface area contributed by atoms with Gasteiger partial charge in [-0.15, -0.1) is 0 Å². The number of aryl methyl sites for hydroxylation is 1. The Labute approximate surface area is 163 Å². The second-order valence-corrected chi connectivity index (χ2v) is 6.44. The van der Waals surface area contributed by atoms with Crippen LogP contribution in [-0.2, 0) is 11.2 Å². The fourth-order valence-electron chi connectivity index (χ4n) is 2.62. The van der Waals surface area contributed by atoms with Crippen molar-refractivity contribution < 1.29 is 13.9 Å². The highest BCUT2D eigenvalue weighted by molar-refractivity contribution is 6.31. The van der Waals surface area contributed by atoms with Crippen molar-refractivity contribution in [3.05, 3.63) is 65.1 Å². The third kappa shape index (κ3) is 4.89. The van der Waals surface area contributed by atoms with Gasteiger partial charge < -0.3 is 14.5 Å². The van der Waals surface area contributed by atoms with Crippen molar-refractivity contribution in [2.24, 2.45) is 0 Å². The van der Waals surface area contributed by atoms with Gasteiger partial charge in [-0.2, -0.15) is 0 Å². The third-order valence-corrected chi connectivity index (χ3v) is 4.52. The second-order valence-electron chi connectivity index (χ2n) is 6.04. The van der Waals surface area contributed by atoms with E-state index in [1.165, 1.54) is 0 Å². The van der Waals surface area contributed by atoms with Gasteiger partial charge in [-0.1, -0.05) is 17.7 Å². The summed E-state index contributed by atoms with van der Waals surface area (Å²) in [6.07, 6.45) is 2.36. The lowest BCUT2D eigenvalue weighted by atomic mass is 10.2. The Bertz CT molecular complexity index is 919. The molecule has 0 saturated heterocycles. The lowest BCUT2D eigenvalue weighted by Crippen LogP contribution is -2.13. The molecule has 0 bridgehead atoms. The topological polar surface area (TPSA) is 64.4 Å². The number of amides is 1. The number of halogens is 1. The molecular formula is C21H21ClN2O3. The predicted octanol–water partition coefficient (Wildman–Crippen LogP) is 5.27. The van der Waals surface area contributed by atoms with Gasteiger partial charge in [-0.25, -0.2) is 4.98 Å². The van der Waals surface area contributed by atoms with Crippen molar-refractivity contribution in [3.63, 3.8) is 0 Å². The van der Waals surface area contributed by atoms with E-state index in [2.05, 4.69) is 10.3 Å². The SMILES string of the molecule is CCOc1ccc(-c2cnc(CCC(=O)Nc3cccc(Cl)c3C)o2)cc1. The molecule has 0 atom stereocenters. The van der Waals surface area contributed by atoms with Crippen LogP contribution in [0.1, 0.15) is 24.8 Å². The first kappa shape index (κ1) is 19.0. The van der Waals surface area contributed by atoms with Gasteiger partial charge in [0.15, 0.2) is 11.7 Å². The number of anilines is 1. The minimum Gasteiger partial charge on any atom is -0.494 e. The highest BCUT2D eigenvalue weighted by Gasteiger charge is 2.11. The minimum absolute atomic E-state index is 0.110. The number of aromatic nitrogens is 1. The molecule has 3 aromatic rings. The van der Waals surface area contributed by atoms with Crippen LogP contribution in [0.15, 0.2) is 53.1 Å². The number of carbonyl (C=O) groups is 1.